The lowest BCUT2D eigenvalue weighted by atomic mass is 10.2. The van der Waals surface area contributed by atoms with Crippen molar-refractivity contribution in [2.45, 2.75) is 6.54 Å². The maximum Gasteiger partial charge on any atom is 0.293 e. The summed E-state index contributed by atoms with van der Waals surface area (Å²) in [4.78, 5) is 26.4. The SMILES string of the molecule is COc1ccc(/C=C2\SC(=O)N(Cc3ccc(Cl)cc3)C2=O)cc1I. The number of halogens is 2. The number of ether oxygens (including phenoxy) is 1. The molecule has 1 aliphatic rings. The summed E-state index contributed by atoms with van der Waals surface area (Å²) in [6.45, 7) is 0.235. The first-order chi connectivity index (χ1) is 12.0. The van der Waals surface area contributed by atoms with Gasteiger partial charge in [-0.1, -0.05) is 29.8 Å². The summed E-state index contributed by atoms with van der Waals surface area (Å²) in [5.74, 6) is 0.490. The van der Waals surface area contributed by atoms with E-state index in [0.29, 0.717) is 9.93 Å². The van der Waals surface area contributed by atoms with Crippen molar-refractivity contribution in [3.8, 4) is 5.75 Å². The van der Waals surface area contributed by atoms with Crippen molar-refractivity contribution in [1.29, 1.82) is 0 Å². The number of nitrogens with zero attached hydrogens (tertiary/aromatic N) is 1. The Morgan fingerprint density at radius 2 is 1.92 bits per heavy atom. The molecule has 0 saturated carbocycles. The molecule has 1 heterocycles. The van der Waals surface area contributed by atoms with Gasteiger partial charge in [0.1, 0.15) is 5.75 Å². The van der Waals surface area contributed by atoms with E-state index in [1.165, 1.54) is 4.90 Å². The number of rotatable bonds is 4. The molecule has 3 rings (SSSR count). The summed E-state index contributed by atoms with van der Waals surface area (Å²) in [6, 6.07) is 12.7. The zero-order valence-electron chi connectivity index (χ0n) is 13.2. The number of hydrogen-bond acceptors (Lipinski definition) is 4. The molecule has 128 valence electrons. The van der Waals surface area contributed by atoms with Crippen LogP contribution in [0.1, 0.15) is 11.1 Å². The number of carbonyl (C=O) groups is 2. The lowest BCUT2D eigenvalue weighted by molar-refractivity contribution is -0.123. The fourth-order valence-corrected chi connectivity index (χ4v) is 4.06. The van der Waals surface area contributed by atoms with Crippen LogP contribution in [0.2, 0.25) is 5.02 Å². The number of amides is 2. The number of carbonyl (C=O) groups excluding carboxylic acids is 2. The highest BCUT2D eigenvalue weighted by molar-refractivity contribution is 14.1. The molecule has 2 aromatic carbocycles. The Morgan fingerprint density at radius 3 is 2.56 bits per heavy atom. The molecule has 1 aliphatic heterocycles. The molecule has 0 radical (unpaired) electrons. The fraction of sp³-hybridized carbons (Fsp3) is 0.111. The number of benzene rings is 2. The van der Waals surface area contributed by atoms with E-state index in [-0.39, 0.29) is 17.7 Å². The molecule has 7 heteroatoms. The third kappa shape index (κ3) is 4.19. The second kappa shape index (κ2) is 7.80. The van der Waals surface area contributed by atoms with E-state index in [2.05, 4.69) is 22.6 Å². The number of thioether (sulfide) groups is 1. The van der Waals surface area contributed by atoms with Gasteiger partial charge in [-0.3, -0.25) is 14.5 Å². The van der Waals surface area contributed by atoms with Crippen molar-refractivity contribution in [2.24, 2.45) is 0 Å². The number of imide groups is 1. The van der Waals surface area contributed by atoms with E-state index < -0.39 is 0 Å². The van der Waals surface area contributed by atoms with Crippen LogP contribution >= 0.6 is 46.0 Å². The van der Waals surface area contributed by atoms with E-state index in [9.17, 15) is 9.59 Å². The van der Waals surface area contributed by atoms with E-state index in [0.717, 1.165) is 32.2 Å². The Balaban J connectivity index is 1.80. The zero-order chi connectivity index (χ0) is 18.0. The highest BCUT2D eigenvalue weighted by Gasteiger charge is 2.34. The highest BCUT2D eigenvalue weighted by atomic mass is 127. The van der Waals surface area contributed by atoms with Crippen LogP contribution < -0.4 is 4.74 Å². The van der Waals surface area contributed by atoms with Gasteiger partial charge in [-0.25, -0.2) is 0 Å². The summed E-state index contributed by atoms with van der Waals surface area (Å²) in [6.07, 6.45) is 1.73. The summed E-state index contributed by atoms with van der Waals surface area (Å²) in [5, 5.41) is 0.348. The number of hydrogen-bond donors (Lipinski definition) is 0. The minimum absolute atomic E-state index is 0.235. The monoisotopic (exact) mass is 485 g/mol. The molecular formula is C18H13ClINO3S. The lowest BCUT2D eigenvalue weighted by Crippen LogP contribution is -2.27. The first kappa shape index (κ1) is 18.3. The Labute approximate surface area is 168 Å². The van der Waals surface area contributed by atoms with Gasteiger partial charge in [0.05, 0.1) is 22.1 Å². The Morgan fingerprint density at radius 1 is 1.20 bits per heavy atom. The van der Waals surface area contributed by atoms with E-state index in [1.54, 1.807) is 37.5 Å². The van der Waals surface area contributed by atoms with E-state index in [1.807, 2.05) is 18.2 Å². The Bertz CT molecular complexity index is 867. The van der Waals surface area contributed by atoms with Gasteiger partial charge in [-0.2, -0.15) is 0 Å². The van der Waals surface area contributed by atoms with Crippen molar-refractivity contribution in [2.75, 3.05) is 7.11 Å². The molecule has 0 spiro atoms. The van der Waals surface area contributed by atoms with Gasteiger partial charge in [0.2, 0.25) is 0 Å². The summed E-state index contributed by atoms with van der Waals surface area (Å²) in [7, 11) is 1.61. The van der Waals surface area contributed by atoms with Crippen molar-refractivity contribution in [3.05, 3.63) is 67.1 Å². The van der Waals surface area contributed by atoms with Gasteiger partial charge in [0.25, 0.3) is 11.1 Å². The van der Waals surface area contributed by atoms with Crippen molar-refractivity contribution < 1.29 is 14.3 Å². The molecule has 0 aromatic heterocycles. The maximum atomic E-state index is 12.6. The zero-order valence-corrected chi connectivity index (χ0v) is 16.9. The molecule has 0 aliphatic carbocycles. The summed E-state index contributed by atoms with van der Waals surface area (Å²) < 4.78 is 6.17. The van der Waals surface area contributed by atoms with Crippen LogP contribution in [0.5, 0.6) is 5.75 Å². The van der Waals surface area contributed by atoms with Crippen LogP contribution in [0.3, 0.4) is 0 Å². The minimum atomic E-state index is -0.282. The smallest absolute Gasteiger partial charge is 0.293 e. The molecule has 2 amide bonds. The first-order valence-electron chi connectivity index (χ1n) is 7.31. The summed E-state index contributed by atoms with van der Waals surface area (Å²) in [5.41, 5.74) is 1.70. The van der Waals surface area contributed by atoms with Crippen molar-refractivity contribution in [3.63, 3.8) is 0 Å². The van der Waals surface area contributed by atoms with Crippen LogP contribution in [0.25, 0.3) is 6.08 Å². The van der Waals surface area contributed by atoms with Gasteiger partial charge < -0.3 is 4.74 Å². The predicted octanol–water partition coefficient (Wildman–Crippen LogP) is 5.19. The molecule has 0 N–H and O–H groups in total. The molecule has 1 fully saturated rings. The van der Waals surface area contributed by atoms with Gasteiger partial charge in [-0.15, -0.1) is 0 Å². The second-order valence-electron chi connectivity index (χ2n) is 5.29. The molecule has 2 aromatic rings. The highest BCUT2D eigenvalue weighted by Crippen LogP contribution is 2.34. The third-order valence-corrected chi connectivity index (χ3v) is 5.60. The Hall–Kier alpha value is -1.51. The minimum Gasteiger partial charge on any atom is -0.496 e. The molecule has 0 unspecified atom stereocenters. The van der Waals surface area contributed by atoms with Gasteiger partial charge in [-0.05, 0) is 75.8 Å². The molecule has 1 saturated heterocycles. The average Bonchev–Trinajstić information content (AvgIpc) is 2.84. The molecule has 4 nitrogen and oxygen atoms in total. The van der Waals surface area contributed by atoms with Crippen molar-refractivity contribution >= 4 is 63.2 Å². The molecular weight excluding hydrogens is 473 g/mol. The Kier molecular flexibility index (Phi) is 5.71. The van der Waals surface area contributed by atoms with Crippen LogP contribution in [-0.2, 0) is 11.3 Å². The van der Waals surface area contributed by atoms with E-state index >= 15 is 0 Å². The fourth-order valence-electron chi connectivity index (χ4n) is 2.33. The third-order valence-electron chi connectivity index (χ3n) is 3.60. The average molecular weight is 486 g/mol. The lowest BCUT2D eigenvalue weighted by Gasteiger charge is -2.12. The van der Waals surface area contributed by atoms with Gasteiger partial charge >= 0.3 is 0 Å². The van der Waals surface area contributed by atoms with Crippen molar-refractivity contribution in [1.82, 2.24) is 4.90 Å². The molecule has 0 bridgehead atoms. The second-order valence-corrected chi connectivity index (χ2v) is 7.88. The standard InChI is InChI=1S/C18H13ClINO3S/c1-24-15-7-4-12(8-14(15)20)9-16-17(22)21(18(23)25-16)10-11-2-5-13(19)6-3-11/h2-9H,10H2,1H3/b16-9-. The van der Waals surface area contributed by atoms with Gasteiger partial charge in [0.15, 0.2) is 0 Å². The topological polar surface area (TPSA) is 46.6 Å². The normalized spacial score (nSPS) is 16.0. The summed E-state index contributed by atoms with van der Waals surface area (Å²) >= 11 is 8.99. The van der Waals surface area contributed by atoms with Crippen LogP contribution in [0, 0.1) is 3.57 Å². The van der Waals surface area contributed by atoms with Crippen LogP contribution in [0.4, 0.5) is 4.79 Å². The van der Waals surface area contributed by atoms with Gasteiger partial charge in [0, 0.05) is 5.02 Å². The number of methoxy groups -OCH3 is 1. The quantitative estimate of drug-likeness (QED) is 0.442. The first-order valence-corrected chi connectivity index (χ1v) is 9.58. The largest absolute Gasteiger partial charge is 0.496 e. The van der Waals surface area contributed by atoms with E-state index in [4.69, 9.17) is 16.3 Å². The predicted molar refractivity (Wildman–Crippen MR) is 109 cm³/mol. The molecule has 0 atom stereocenters. The molecule has 25 heavy (non-hydrogen) atoms. The van der Waals surface area contributed by atoms with Crippen LogP contribution in [-0.4, -0.2) is 23.2 Å². The van der Waals surface area contributed by atoms with Crippen LogP contribution in [0.15, 0.2) is 47.4 Å². The maximum absolute atomic E-state index is 12.6.